The number of pyridine rings is 1. The number of ether oxygens (including phenoxy) is 1. The zero-order valence-corrected chi connectivity index (χ0v) is 23.9. The number of nitrogens with zero attached hydrogens (tertiary/aromatic N) is 3. The molecule has 0 fully saturated rings. The zero-order chi connectivity index (χ0) is 31.8. The first-order valence-corrected chi connectivity index (χ1v) is 14.0. The van der Waals surface area contributed by atoms with E-state index >= 15 is 0 Å². The number of carbonyl (C=O) groups is 2. The Kier molecular flexibility index (Phi) is 8.02. The molecule has 3 aromatic carbocycles. The van der Waals surface area contributed by atoms with Crippen LogP contribution >= 0.6 is 0 Å². The summed E-state index contributed by atoms with van der Waals surface area (Å²) in [4.78, 5) is 35.4. The highest BCUT2D eigenvalue weighted by Crippen LogP contribution is 2.38. The Morgan fingerprint density at radius 2 is 1.69 bits per heavy atom. The largest absolute Gasteiger partial charge is 0.465 e. The van der Waals surface area contributed by atoms with Gasteiger partial charge in [0.1, 0.15) is 11.5 Å². The average Bonchev–Trinajstić information content (AvgIpc) is 3.43. The first-order valence-electron chi connectivity index (χ1n) is 14.0. The molecule has 1 unspecified atom stereocenters. The van der Waals surface area contributed by atoms with Gasteiger partial charge in [0, 0.05) is 54.6 Å². The lowest BCUT2D eigenvalue weighted by atomic mass is 9.94. The molecule has 0 saturated heterocycles. The number of carbonyl (C=O) groups excluding carboxylic acids is 1. The molecule has 2 aromatic heterocycles. The monoisotopic (exact) mass is 621 g/mol. The van der Waals surface area contributed by atoms with Crippen molar-refractivity contribution >= 4 is 39.5 Å². The van der Waals surface area contributed by atoms with Crippen LogP contribution < -0.4 is 5.32 Å². The number of carboxylic acid groups (broad SMARTS) is 1. The van der Waals surface area contributed by atoms with Gasteiger partial charge in [-0.2, -0.15) is 0 Å². The number of rotatable bonds is 8. The van der Waals surface area contributed by atoms with Crippen molar-refractivity contribution in [1.29, 1.82) is 0 Å². The lowest BCUT2D eigenvalue weighted by Crippen LogP contribution is -2.37. The van der Waals surface area contributed by atoms with Crippen molar-refractivity contribution < 1.29 is 37.0 Å². The minimum atomic E-state index is -1.12. The van der Waals surface area contributed by atoms with Crippen LogP contribution in [-0.2, 0) is 17.9 Å². The number of H-pyrrole nitrogens is 1. The predicted molar refractivity (Wildman–Crippen MR) is 158 cm³/mol. The normalized spacial score (nSPS) is 14.4. The molecule has 45 heavy (non-hydrogen) atoms. The fourth-order valence-electron chi connectivity index (χ4n) is 5.58. The molecule has 6 rings (SSSR count). The maximum atomic E-state index is 14.7. The number of benzene rings is 3. The van der Waals surface area contributed by atoms with E-state index < -0.39 is 41.3 Å². The Balaban J connectivity index is 1.30. The molecular formula is C32H27F4N5O4. The van der Waals surface area contributed by atoms with Gasteiger partial charge in [-0.3, -0.25) is 4.79 Å². The Bertz CT molecular complexity index is 1900. The molecule has 0 aliphatic carbocycles. The molecule has 3 N–H and O–H groups in total. The summed E-state index contributed by atoms with van der Waals surface area (Å²) in [6.07, 6.45) is -1.12. The maximum Gasteiger partial charge on any atom is 0.407 e. The highest BCUT2D eigenvalue weighted by Gasteiger charge is 2.33. The molecule has 1 atom stereocenters. The van der Waals surface area contributed by atoms with Crippen LogP contribution in [0.4, 0.5) is 28.2 Å². The Morgan fingerprint density at radius 3 is 2.42 bits per heavy atom. The van der Waals surface area contributed by atoms with Crippen LogP contribution in [0.5, 0.6) is 0 Å². The standard InChI is InChI=1S/C32H27F4N5O4/c1-40(31(42)26-10-18-9-21(33)24(36)13-25(18)38-26)28-16-45-15-27-29(28)19-11-22(34)23(35)12-20(19)30(39-27)37-7-8-41(32(43)44)14-17-5-3-2-4-6-17/h2-6,9-13,28,38H,7-8,14-16H2,1H3,(H,37,39)(H,43,44). The summed E-state index contributed by atoms with van der Waals surface area (Å²) in [6.45, 7) is 0.393. The van der Waals surface area contributed by atoms with Crippen LogP contribution in [0, 0.1) is 23.3 Å². The fraction of sp³-hybridized carbons (Fsp3) is 0.219. The van der Waals surface area contributed by atoms with E-state index in [2.05, 4.69) is 15.3 Å². The molecule has 232 valence electrons. The number of aromatic nitrogens is 2. The number of halogens is 4. The lowest BCUT2D eigenvalue weighted by molar-refractivity contribution is 0.0334. The van der Waals surface area contributed by atoms with E-state index in [0.717, 1.165) is 29.8 Å². The zero-order valence-electron chi connectivity index (χ0n) is 23.9. The summed E-state index contributed by atoms with van der Waals surface area (Å²) in [6, 6.07) is 13.7. The molecule has 0 saturated carbocycles. The van der Waals surface area contributed by atoms with Gasteiger partial charge in [0.2, 0.25) is 0 Å². The highest BCUT2D eigenvalue weighted by atomic mass is 19.2. The van der Waals surface area contributed by atoms with E-state index in [0.29, 0.717) is 22.0 Å². The van der Waals surface area contributed by atoms with Gasteiger partial charge in [0.15, 0.2) is 23.3 Å². The summed E-state index contributed by atoms with van der Waals surface area (Å²) in [5, 5.41) is 13.6. The number of anilines is 1. The first kappa shape index (κ1) is 29.9. The van der Waals surface area contributed by atoms with Gasteiger partial charge in [0.05, 0.1) is 24.9 Å². The van der Waals surface area contributed by atoms with Crippen LogP contribution in [-0.4, -0.2) is 63.6 Å². The van der Waals surface area contributed by atoms with Gasteiger partial charge >= 0.3 is 6.09 Å². The minimum absolute atomic E-state index is 0.0222. The third kappa shape index (κ3) is 5.86. The quantitative estimate of drug-likeness (QED) is 0.178. The fourth-order valence-corrected chi connectivity index (χ4v) is 5.58. The van der Waals surface area contributed by atoms with Crippen molar-refractivity contribution in [2.45, 2.75) is 19.2 Å². The Hall–Kier alpha value is -5.17. The second-order valence-electron chi connectivity index (χ2n) is 10.7. The van der Waals surface area contributed by atoms with Crippen molar-refractivity contribution in [3.8, 4) is 0 Å². The number of hydrogen-bond acceptors (Lipinski definition) is 5. The third-order valence-corrected chi connectivity index (χ3v) is 7.85. The van der Waals surface area contributed by atoms with E-state index in [9.17, 15) is 32.3 Å². The molecule has 1 aliphatic heterocycles. The first-order chi connectivity index (χ1) is 21.6. The molecule has 1 aliphatic rings. The van der Waals surface area contributed by atoms with Gasteiger partial charge in [-0.1, -0.05) is 30.3 Å². The van der Waals surface area contributed by atoms with Crippen LogP contribution in [0.3, 0.4) is 0 Å². The van der Waals surface area contributed by atoms with Crippen LogP contribution in [0.15, 0.2) is 60.7 Å². The third-order valence-electron chi connectivity index (χ3n) is 7.85. The van der Waals surface area contributed by atoms with Crippen molar-refractivity contribution in [2.24, 2.45) is 0 Å². The van der Waals surface area contributed by atoms with E-state index in [1.165, 1.54) is 22.9 Å². The minimum Gasteiger partial charge on any atom is -0.465 e. The molecule has 2 amide bonds. The number of likely N-dealkylation sites (N-methyl/N-ethyl adjacent to an activating group) is 1. The topological polar surface area (TPSA) is 111 Å². The van der Waals surface area contributed by atoms with Crippen molar-refractivity contribution in [1.82, 2.24) is 19.8 Å². The molecular weight excluding hydrogens is 594 g/mol. The summed E-state index contributed by atoms with van der Waals surface area (Å²) >= 11 is 0. The smallest absolute Gasteiger partial charge is 0.407 e. The number of aromatic amines is 1. The van der Waals surface area contributed by atoms with Crippen LogP contribution in [0.1, 0.15) is 33.4 Å². The maximum absolute atomic E-state index is 14.7. The van der Waals surface area contributed by atoms with Gasteiger partial charge in [0.25, 0.3) is 5.91 Å². The van der Waals surface area contributed by atoms with E-state index in [-0.39, 0.29) is 55.3 Å². The summed E-state index contributed by atoms with van der Waals surface area (Å²) in [7, 11) is 1.50. The molecule has 13 heteroatoms. The van der Waals surface area contributed by atoms with E-state index in [4.69, 9.17) is 4.74 Å². The van der Waals surface area contributed by atoms with Crippen molar-refractivity contribution in [3.05, 3.63) is 106 Å². The number of fused-ring (bicyclic) bond motifs is 4. The second-order valence-corrected chi connectivity index (χ2v) is 10.7. The van der Waals surface area contributed by atoms with Gasteiger partial charge in [-0.05, 0) is 35.2 Å². The molecule has 3 heterocycles. The number of nitrogens with one attached hydrogen (secondary N) is 2. The summed E-state index contributed by atoms with van der Waals surface area (Å²) < 4.78 is 62.5. The molecule has 0 spiro atoms. The SMILES string of the molecule is CN(C(=O)c1cc2cc(F)c(F)cc2[nH]1)C1COCc2nc(NCCN(Cc3ccccc3)C(=O)O)c3cc(F)c(F)cc3c21. The number of hydrogen-bond donors (Lipinski definition) is 3. The van der Waals surface area contributed by atoms with E-state index in [1.807, 2.05) is 30.3 Å². The predicted octanol–water partition coefficient (Wildman–Crippen LogP) is 6.21. The van der Waals surface area contributed by atoms with Crippen LogP contribution in [0.25, 0.3) is 21.7 Å². The summed E-state index contributed by atoms with van der Waals surface area (Å²) in [5.41, 5.74) is 1.95. The lowest BCUT2D eigenvalue weighted by Gasteiger charge is -2.34. The summed E-state index contributed by atoms with van der Waals surface area (Å²) in [5.74, 6) is -4.64. The average molecular weight is 622 g/mol. The molecule has 9 nitrogen and oxygen atoms in total. The van der Waals surface area contributed by atoms with E-state index in [1.54, 1.807) is 0 Å². The van der Waals surface area contributed by atoms with Crippen molar-refractivity contribution in [2.75, 3.05) is 32.1 Å². The highest BCUT2D eigenvalue weighted by molar-refractivity contribution is 5.99. The number of amides is 2. The van der Waals surface area contributed by atoms with Gasteiger partial charge in [-0.15, -0.1) is 0 Å². The van der Waals surface area contributed by atoms with Gasteiger partial charge in [-0.25, -0.2) is 27.3 Å². The molecule has 0 radical (unpaired) electrons. The van der Waals surface area contributed by atoms with Gasteiger partial charge < -0.3 is 29.9 Å². The van der Waals surface area contributed by atoms with Crippen LogP contribution in [0.2, 0.25) is 0 Å². The van der Waals surface area contributed by atoms with Crippen molar-refractivity contribution in [3.63, 3.8) is 0 Å². The molecule has 0 bridgehead atoms. The molecule has 5 aromatic rings. The Labute approximate surface area is 254 Å². The Morgan fingerprint density at radius 1 is 1.00 bits per heavy atom. The second kappa shape index (κ2) is 12.1.